The van der Waals surface area contributed by atoms with Crippen LogP contribution in [0.2, 0.25) is 0 Å². The maximum absolute atomic E-state index is 6.04. The SMILES string of the molecule is Cc1nnc(NC2CCC(Cl)CC2)s1. The zero-order chi connectivity index (χ0) is 9.97. The zero-order valence-corrected chi connectivity index (χ0v) is 9.74. The summed E-state index contributed by atoms with van der Waals surface area (Å²) in [5, 5.41) is 13.8. The van der Waals surface area contributed by atoms with Gasteiger partial charge in [0, 0.05) is 11.4 Å². The van der Waals surface area contributed by atoms with Gasteiger partial charge in [0.25, 0.3) is 0 Å². The van der Waals surface area contributed by atoms with Crippen LogP contribution in [0.3, 0.4) is 0 Å². The Morgan fingerprint density at radius 3 is 2.57 bits per heavy atom. The van der Waals surface area contributed by atoms with Crippen LogP contribution in [0.5, 0.6) is 0 Å². The molecule has 1 heterocycles. The maximum Gasteiger partial charge on any atom is 0.205 e. The summed E-state index contributed by atoms with van der Waals surface area (Å²) in [6, 6.07) is 0.539. The number of rotatable bonds is 2. The Morgan fingerprint density at radius 1 is 1.29 bits per heavy atom. The van der Waals surface area contributed by atoms with Gasteiger partial charge in [0.05, 0.1) is 0 Å². The van der Waals surface area contributed by atoms with E-state index in [0.717, 1.165) is 35.8 Å². The molecule has 0 unspecified atom stereocenters. The summed E-state index contributed by atoms with van der Waals surface area (Å²) in [4.78, 5) is 0. The first kappa shape index (κ1) is 10.2. The van der Waals surface area contributed by atoms with Crippen LogP contribution in [-0.2, 0) is 0 Å². The number of hydrogen-bond donors (Lipinski definition) is 1. The highest BCUT2D eigenvalue weighted by atomic mass is 35.5. The molecule has 0 bridgehead atoms. The lowest BCUT2D eigenvalue weighted by atomic mass is 9.95. The molecule has 1 saturated carbocycles. The van der Waals surface area contributed by atoms with Gasteiger partial charge >= 0.3 is 0 Å². The second-order valence-electron chi connectivity index (χ2n) is 3.72. The van der Waals surface area contributed by atoms with Crippen LogP contribution in [0, 0.1) is 6.92 Å². The first-order valence-electron chi connectivity index (χ1n) is 4.95. The summed E-state index contributed by atoms with van der Waals surface area (Å²) in [6.45, 7) is 1.97. The Hall–Kier alpha value is -0.350. The number of nitrogens with zero attached hydrogens (tertiary/aromatic N) is 2. The maximum atomic E-state index is 6.04. The lowest BCUT2D eigenvalue weighted by molar-refractivity contribution is 0.468. The molecule has 2 rings (SSSR count). The molecule has 0 amide bonds. The number of aromatic nitrogens is 2. The molecule has 0 saturated heterocycles. The average molecular weight is 232 g/mol. The molecule has 0 radical (unpaired) electrons. The zero-order valence-electron chi connectivity index (χ0n) is 8.16. The second kappa shape index (κ2) is 4.45. The lowest BCUT2D eigenvalue weighted by Gasteiger charge is -2.25. The summed E-state index contributed by atoms with van der Waals surface area (Å²) < 4.78 is 0. The molecular weight excluding hydrogens is 218 g/mol. The van der Waals surface area contributed by atoms with E-state index in [1.165, 1.54) is 0 Å². The number of anilines is 1. The van der Waals surface area contributed by atoms with Crippen molar-refractivity contribution in [3.05, 3.63) is 5.01 Å². The minimum Gasteiger partial charge on any atom is -0.357 e. The molecule has 1 aliphatic rings. The van der Waals surface area contributed by atoms with Gasteiger partial charge in [0.2, 0.25) is 5.13 Å². The van der Waals surface area contributed by atoms with E-state index in [1.54, 1.807) is 11.3 Å². The van der Waals surface area contributed by atoms with Gasteiger partial charge in [-0.2, -0.15) is 0 Å². The minimum atomic E-state index is 0.379. The number of halogens is 1. The molecule has 1 aromatic heterocycles. The third kappa shape index (κ3) is 2.58. The molecule has 0 spiro atoms. The van der Waals surface area contributed by atoms with Crippen molar-refractivity contribution in [1.82, 2.24) is 10.2 Å². The topological polar surface area (TPSA) is 37.8 Å². The number of alkyl halides is 1. The third-order valence-corrected chi connectivity index (χ3v) is 3.72. The van der Waals surface area contributed by atoms with Crippen molar-refractivity contribution < 1.29 is 0 Å². The fourth-order valence-corrected chi connectivity index (χ4v) is 2.65. The minimum absolute atomic E-state index is 0.379. The molecule has 1 fully saturated rings. The standard InChI is InChI=1S/C9H14ClN3S/c1-6-12-13-9(14-6)11-8-4-2-7(10)3-5-8/h7-8H,2-5H2,1H3,(H,11,13). The van der Waals surface area contributed by atoms with Gasteiger partial charge in [0.1, 0.15) is 5.01 Å². The Morgan fingerprint density at radius 2 is 2.00 bits per heavy atom. The van der Waals surface area contributed by atoms with Gasteiger partial charge in [0.15, 0.2) is 0 Å². The van der Waals surface area contributed by atoms with Gasteiger partial charge in [-0.25, -0.2) is 0 Å². The van der Waals surface area contributed by atoms with Crippen molar-refractivity contribution in [3.63, 3.8) is 0 Å². The van der Waals surface area contributed by atoms with E-state index in [9.17, 15) is 0 Å². The lowest BCUT2D eigenvalue weighted by Crippen LogP contribution is -2.26. The van der Waals surface area contributed by atoms with Crippen molar-refractivity contribution in [2.24, 2.45) is 0 Å². The highest BCUT2D eigenvalue weighted by molar-refractivity contribution is 7.15. The van der Waals surface area contributed by atoms with E-state index in [4.69, 9.17) is 11.6 Å². The van der Waals surface area contributed by atoms with Gasteiger partial charge in [-0.05, 0) is 32.6 Å². The highest BCUT2D eigenvalue weighted by Gasteiger charge is 2.19. The molecule has 0 aromatic carbocycles. The molecule has 78 valence electrons. The van der Waals surface area contributed by atoms with Crippen LogP contribution in [0.25, 0.3) is 0 Å². The molecule has 0 atom stereocenters. The van der Waals surface area contributed by atoms with Gasteiger partial charge in [-0.3, -0.25) is 0 Å². The molecule has 14 heavy (non-hydrogen) atoms. The Kier molecular flexibility index (Phi) is 3.23. The van der Waals surface area contributed by atoms with Crippen molar-refractivity contribution in [3.8, 4) is 0 Å². The predicted molar refractivity (Wildman–Crippen MR) is 60.2 cm³/mol. The third-order valence-electron chi connectivity index (χ3n) is 2.51. The summed E-state index contributed by atoms with van der Waals surface area (Å²) in [7, 11) is 0. The first-order chi connectivity index (χ1) is 6.74. The highest BCUT2D eigenvalue weighted by Crippen LogP contribution is 2.26. The van der Waals surface area contributed by atoms with Crippen molar-refractivity contribution in [1.29, 1.82) is 0 Å². The van der Waals surface area contributed by atoms with Crippen LogP contribution < -0.4 is 5.32 Å². The predicted octanol–water partition coefficient (Wildman–Crippen LogP) is 2.81. The summed E-state index contributed by atoms with van der Waals surface area (Å²) in [5.41, 5.74) is 0. The number of hydrogen-bond acceptors (Lipinski definition) is 4. The van der Waals surface area contributed by atoms with Crippen LogP contribution in [0.1, 0.15) is 30.7 Å². The number of nitrogens with one attached hydrogen (secondary N) is 1. The van der Waals surface area contributed by atoms with Crippen molar-refractivity contribution >= 4 is 28.1 Å². The molecule has 1 aromatic rings. The average Bonchev–Trinajstić information content (AvgIpc) is 2.56. The summed E-state index contributed by atoms with van der Waals surface area (Å²) in [6.07, 6.45) is 4.51. The Labute approximate surface area is 92.9 Å². The summed E-state index contributed by atoms with van der Waals surface area (Å²) in [5.74, 6) is 0. The molecule has 1 N–H and O–H groups in total. The van der Waals surface area contributed by atoms with Crippen LogP contribution in [0.15, 0.2) is 0 Å². The van der Waals surface area contributed by atoms with Crippen molar-refractivity contribution in [2.75, 3.05) is 5.32 Å². The normalized spacial score (nSPS) is 27.6. The molecule has 0 aliphatic heterocycles. The monoisotopic (exact) mass is 231 g/mol. The second-order valence-corrected chi connectivity index (χ2v) is 5.52. The molecule has 3 nitrogen and oxygen atoms in total. The Balaban J connectivity index is 1.86. The largest absolute Gasteiger partial charge is 0.357 e. The summed E-state index contributed by atoms with van der Waals surface area (Å²) >= 11 is 7.65. The van der Waals surface area contributed by atoms with Crippen LogP contribution >= 0.6 is 22.9 Å². The van der Waals surface area contributed by atoms with E-state index in [-0.39, 0.29) is 0 Å². The van der Waals surface area contributed by atoms with Gasteiger partial charge in [-0.15, -0.1) is 21.8 Å². The van der Waals surface area contributed by atoms with Gasteiger partial charge in [-0.1, -0.05) is 11.3 Å². The smallest absolute Gasteiger partial charge is 0.205 e. The Bertz CT molecular complexity index is 294. The molecular formula is C9H14ClN3S. The van der Waals surface area contributed by atoms with Gasteiger partial charge < -0.3 is 5.32 Å². The van der Waals surface area contributed by atoms with E-state index >= 15 is 0 Å². The van der Waals surface area contributed by atoms with E-state index in [1.807, 2.05) is 6.92 Å². The van der Waals surface area contributed by atoms with E-state index in [0.29, 0.717) is 11.4 Å². The molecule has 1 aliphatic carbocycles. The molecule has 5 heteroatoms. The quantitative estimate of drug-likeness (QED) is 0.796. The fraction of sp³-hybridized carbons (Fsp3) is 0.778. The van der Waals surface area contributed by atoms with Crippen LogP contribution in [0.4, 0.5) is 5.13 Å². The number of aryl methyl sites for hydroxylation is 1. The van der Waals surface area contributed by atoms with Crippen LogP contribution in [-0.4, -0.2) is 21.6 Å². The van der Waals surface area contributed by atoms with E-state index < -0.39 is 0 Å². The first-order valence-corrected chi connectivity index (χ1v) is 6.20. The van der Waals surface area contributed by atoms with E-state index in [2.05, 4.69) is 15.5 Å². The fourth-order valence-electron chi connectivity index (χ4n) is 1.73. The van der Waals surface area contributed by atoms with Crippen molar-refractivity contribution in [2.45, 2.75) is 44.0 Å².